The minimum Gasteiger partial charge on any atom is -0.412 e. The average molecular weight is 217 g/mol. The molecule has 0 aliphatic heterocycles. The van der Waals surface area contributed by atoms with Gasteiger partial charge in [0, 0.05) is 0 Å². The lowest BCUT2D eigenvalue weighted by atomic mass is 10.1. The van der Waals surface area contributed by atoms with E-state index in [9.17, 15) is 0 Å². The van der Waals surface area contributed by atoms with Gasteiger partial charge in [0.1, 0.15) is 0 Å². The lowest BCUT2D eigenvalue weighted by Crippen LogP contribution is -1.97. The minimum atomic E-state index is 0. The number of unbranched alkanes of at least 4 members (excludes halogenated alkanes) is 10. The highest BCUT2D eigenvalue weighted by molar-refractivity contribution is 4.47. The number of nitrogens with two attached hydrogens (primary N) is 1. The van der Waals surface area contributed by atoms with E-state index in [-0.39, 0.29) is 5.48 Å². The SMILES string of the molecule is CCCCCCCCCCCCCN.O. The Labute approximate surface area is 95.9 Å². The third-order valence-corrected chi connectivity index (χ3v) is 2.81. The zero-order valence-electron chi connectivity index (χ0n) is 10.6. The van der Waals surface area contributed by atoms with Gasteiger partial charge in [0.05, 0.1) is 0 Å². The van der Waals surface area contributed by atoms with E-state index < -0.39 is 0 Å². The van der Waals surface area contributed by atoms with Crippen LogP contribution in [0.5, 0.6) is 0 Å². The molecule has 2 nitrogen and oxygen atoms in total. The quantitative estimate of drug-likeness (QED) is 0.530. The first-order valence-corrected chi connectivity index (χ1v) is 6.62. The number of rotatable bonds is 11. The summed E-state index contributed by atoms with van der Waals surface area (Å²) in [5.74, 6) is 0. The Morgan fingerprint density at radius 3 is 1.27 bits per heavy atom. The predicted molar refractivity (Wildman–Crippen MR) is 69.1 cm³/mol. The summed E-state index contributed by atoms with van der Waals surface area (Å²) in [7, 11) is 0. The fourth-order valence-corrected chi connectivity index (χ4v) is 1.81. The molecule has 0 aromatic heterocycles. The van der Waals surface area contributed by atoms with Crippen molar-refractivity contribution in [1.29, 1.82) is 0 Å². The van der Waals surface area contributed by atoms with E-state index in [2.05, 4.69) is 6.92 Å². The predicted octanol–water partition coefficient (Wildman–Crippen LogP) is 3.43. The molecule has 0 heterocycles. The van der Waals surface area contributed by atoms with Crippen LogP contribution >= 0.6 is 0 Å². The Morgan fingerprint density at radius 1 is 0.600 bits per heavy atom. The van der Waals surface area contributed by atoms with Crippen LogP contribution < -0.4 is 5.73 Å². The fourth-order valence-electron chi connectivity index (χ4n) is 1.81. The highest BCUT2D eigenvalue weighted by Crippen LogP contribution is 2.10. The first kappa shape index (κ1) is 17.3. The normalized spacial score (nSPS) is 10.0. The minimum absolute atomic E-state index is 0. The van der Waals surface area contributed by atoms with Crippen molar-refractivity contribution in [3.63, 3.8) is 0 Å². The lowest BCUT2D eigenvalue weighted by molar-refractivity contribution is 0.551. The second-order valence-corrected chi connectivity index (χ2v) is 4.32. The maximum absolute atomic E-state index is 5.44. The molecule has 0 saturated heterocycles. The Morgan fingerprint density at radius 2 is 0.933 bits per heavy atom. The van der Waals surface area contributed by atoms with E-state index in [1.807, 2.05) is 0 Å². The molecular weight excluding hydrogens is 186 g/mol. The van der Waals surface area contributed by atoms with Crippen molar-refractivity contribution in [2.45, 2.75) is 77.6 Å². The van der Waals surface area contributed by atoms with Gasteiger partial charge in [-0.25, -0.2) is 0 Å². The summed E-state index contributed by atoms with van der Waals surface area (Å²) in [5, 5.41) is 0. The first-order chi connectivity index (χ1) is 6.91. The molecule has 4 N–H and O–H groups in total. The Balaban J connectivity index is 0. The molecule has 0 radical (unpaired) electrons. The molecule has 0 aliphatic rings. The van der Waals surface area contributed by atoms with Crippen LogP contribution in [0.3, 0.4) is 0 Å². The summed E-state index contributed by atoms with van der Waals surface area (Å²) in [5.41, 5.74) is 5.44. The lowest BCUT2D eigenvalue weighted by Gasteiger charge is -2.01. The summed E-state index contributed by atoms with van der Waals surface area (Å²) in [4.78, 5) is 0. The standard InChI is InChI=1S/C13H29N.H2O/c1-2-3-4-5-6-7-8-9-10-11-12-13-14;/h2-14H2,1H3;1H2. The topological polar surface area (TPSA) is 57.5 Å². The van der Waals surface area contributed by atoms with Gasteiger partial charge in [-0.3, -0.25) is 0 Å². The highest BCUT2D eigenvalue weighted by Gasteiger charge is 1.91. The van der Waals surface area contributed by atoms with Crippen molar-refractivity contribution in [3.05, 3.63) is 0 Å². The molecule has 0 aliphatic carbocycles. The molecule has 0 amide bonds. The molecule has 0 spiro atoms. The van der Waals surface area contributed by atoms with E-state index in [4.69, 9.17) is 5.73 Å². The number of hydrogen-bond acceptors (Lipinski definition) is 1. The van der Waals surface area contributed by atoms with Crippen LogP contribution in [0.4, 0.5) is 0 Å². The first-order valence-electron chi connectivity index (χ1n) is 6.62. The zero-order valence-corrected chi connectivity index (χ0v) is 10.6. The van der Waals surface area contributed by atoms with Crippen molar-refractivity contribution in [2.75, 3.05) is 6.54 Å². The molecule has 0 atom stereocenters. The van der Waals surface area contributed by atoms with E-state index in [0.717, 1.165) is 6.54 Å². The van der Waals surface area contributed by atoms with Gasteiger partial charge < -0.3 is 11.2 Å². The smallest absolute Gasteiger partial charge is 0.00773 e. The average Bonchev–Trinajstić information content (AvgIpc) is 2.21. The van der Waals surface area contributed by atoms with Crippen LogP contribution in [0.2, 0.25) is 0 Å². The molecule has 0 aromatic carbocycles. The van der Waals surface area contributed by atoms with Crippen molar-refractivity contribution >= 4 is 0 Å². The van der Waals surface area contributed by atoms with Gasteiger partial charge in [-0.2, -0.15) is 0 Å². The van der Waals surface area contributed by atoms with E-state index in [1.54, 1.807) is 0 Å². The third-order valence-electron chi connectivity index (χ3n) is 2.81. The summed E-state index contributed by atoms with van der Waals surface area (Å²) in [6, 6.07) is 0. The molecule has 0 aromatic rings. The fraction of sp³-hybridized carbons (Fsp3) is 1.00. The van der Waals surface area contributed by atoms with Crippen LogP contribution in [0.15, 0.2) is 0 Å². The Bertz CT molecular complexity index is 84.5. The summed E-state index contributed by atoms with van der Waals surface area (Å²) >= 11 is 0. The van der Waals surface area contributed by atoms with E-state index in [1.165, 1.54) is 70.6 Å². The van der Waals surface area contributed by atoms with Gasteiger partial charge in [-0.05, 0) is 13.0 Å². The van der Waals surface area contributed by atoms with E-state index >= 15 is 0 Å². The van der Waals surface area contributed by atoms with Crippen LogP contribution in [-0.2, 0) is 0 Å². The Kier molecular flexibility index (Phi) is 18.9. The molecule has 0 fully saturated rings. The largest absolute Gasteiger partial charge is 0.412 e. The zero-order chi connectivity index (χ0) is 10.5. The van der Waals surface area contributed by atoms with Gasteiger partial charge in [-0.15, -0.1) is 0 Å². The molecule has 15 heavy (non-hydrogen) atoms. The Hall–Kier alpha value is -0.0800. The molecular formula is C13H31NO. The maximum Gasteiger partial charge on any atom is -0.00773 e. The van der Waals surface area contributed by atoms with Crippen LogP contribution in [-0.4, -0.2) is 12.0 Å². The van der Waals surface area contributed by atoms with Crippen LogP contribution in [0, 0.1) is 0 Å². The maximum atomic E-state index is 5.44. The third kappa shape index (κ3) is 16.6. The molecule has 0 saturated carbocycles. The van der Waals surface area contributed by atoms with Gasteiger partial charge >= 0.3 is 0 Å². The molecule has 0 rings (SSSR count). The molecule has 2 heteroatoms. The second-order valence-electron chi connectivity index (χ2n) is 4.32. The van der Waals surface area contributed by atoms with Gasteiger partial charge in [0.2, 0.25) is 0 Å². The summed E-state index contributed by atoms with van der Waals surface area (Å²) in [6.07, 6.45) is 15.4. The molecule has 94 valence electrons. The second kappa shape index (κ2) is 16.4. The number of hydrogen-bond donors (Lipinski definition) is 1. The van der Waals surface area contributed by atoms with Gasteiger partial charge in [-0.1, -0.05) is 71.1 Å². The monoisotopic (exact) mass is 217 g/mol. The van der Waals surface area contributed by atoms with Crippen molar-refractivity contribution in [3.8, 4) is 0 Å². The summed E-state index contributed by atoms with van der Waals surface area (Å²) in [6.45, 7) is 3.15. The van der Waals surface area contributed by atoms with E-state index in [0.29, 0.717) is 0 Å². The summed E-state index contributed by atoms with van der Waals surface area (Å²) < 4.78 is 0. The van der Waals surface area contributed by atoms with Crippen molar-refractivity contribution in [2.24, 2.45) is 5.73 Å². The molecule has 0 bridgehead atoms. The molecule has 0 unspecified atom stereocenters. The van der Waals surface area contributed by atoms with Gasteiger partial charge in [0.25, 0.3) is 0 Å². The van der Waals surface area contributed by atoms with Crippen molar-refractivity contribution in [1.82, 2.24) is 0 Å². The van der Waals surface area contributed by atoms with Crippen molar-refractivity contribution < 1.29 is 5.48 Å². The highest BCUT2D eigenvalue weighted by atomic mass is 16.0. The van der Waals surface area contributed by atoms with Crippen LogP contribution in [0.1, 0.15) is 77.6 Å². The van der Waals surface area contributed by atoms with Gasteiger partial charge in [0.15, 0.2) is 0 Å². The van der Waals surface area contributed by atoms with Crippen LogP contribution in [0.25, 0.3) is 0 Å².